The Bertz CT molecular complexity index is 773. The molecule has 0 bridgehead atoms. The van der Waals surface area contributed by atoms with Gasteiger partial charge in [-0.15, -0.1) is 0 Å². The van der Waals surface area contributed by atoms with E-state index in [0.29, 0.717) is 18.9 Å². The summed E-state index contributed by atoms with van der Waals surface area (Å²) in [6.45, 7) is 3.28. The van der Waals surface area contributed by atoms with Crippen molar-refractivity contribution in [3.8, 4) is 5.75 Å². The lowest BCUT2D eigenvalue weighted by Crippen LogP contribution is -2.23. The van der Waals surface area contributed by atoms with Crippen LogP contribution in [0.3, 0.4) is 0 Å². The minimum atomic E-state index is -0.669. The summed E-state index contributed by atoms with van der Waals surface area (Å²) >= 11 is 0. The van der Waals surface area contributed by atoms with E-state index in [2.05, 4.69) is 10.1 Å². The van der Waals surface area contributed by atoms with Crippen LogP contribution in [0.2, 0.25) is 0 Å². The molecule has 1 N–H and O–H groups in total. The maximum atomic E-state index is 12.5. The molecule has 0 atom stereocenters. The highest BCUT2D eigenvalue weighted by atomic mass is 16.5. The first kappa shape index (κ1) is 15.5. The van der Waals surface area contributed by atoms with Gasteiger partial charge in [-0.1, -0.05) is 0 Å². The van der Waals surface area contributed by atoms with Gasteiger partial charge in [0, 0.05) is 30.9 Å². The number of aromatic nitrogens is 3. The number of fused-ring (bicyclic) bond motifs is 1. The van der Waals surface area contributed by atoms with Crippen LogP contribution in [0.4, 0.5) is 0 Å². The van der Waals surface area contributed by atoms with E-state index in [-0.39, 0.29) is 24.0 Å². The Kier molecular flexibility index (Phi) is 4.33. The fourth-order valence-electron chi connectivity index (χ4n) is 2.77. The summed E-state index contributed by atoms with van der Waals surface area (Å²) in [5.74, 6) is -0.513. The number of carbonyl (C=O) groups excluding carboxylic acids is 1. The normalized spacial score (nSPS) is 15.7. The number of carbonyl (C=O) groups is 1. The van der Waals surface area contributed by atoms with E-state index in [4.69, 9.17) is 14.2 Å². The van der Waals surface area contributed by atoms with Crippen molar-refractivity contribution in [2.75, 3.05) is 26.9 Å². The molecule has 8 heteroatoms. The minimum Gasteiger partial charge on any atom is -0.489 e. The summed E-state index contributed by atoms with van der Waals surface area (Å²) < 4.78 is 16.7. The number of H-pyrrole nitrogens is 1. The summed E-state index contributed by atoms with van der Waals surface area (Å²) in [6.07, 6.45) is 1.76. The largest absolute Gasteiger partial charge is 0.489 e. The third-order valence-electron chi connectivity index (χ3n) is 3.93. The predicted molar refractivity (Wildman–Crippen MR) is 81.1 cm³/mol. The highest BCUT2D eigenvalue weighted by molar-refractivity contribution is 5.90. The highest BCUT2D eigenvalue weighted by Crippen LogP contribution is 2.26. The molecule has 0 amide bonds. The van der Waals surface area contributed by atoms with Gasteiger partial charge >= 0.3 is 11.5 Å². The van der Waals surface area contributed by atoms with E-state index in [0.717, 1.165) is 18.5 Å². The molecular formula is C15H19N3O5. The molecule has 0 aromatic carbocycles. The van der Waals surface area contributed by atoms with Crippen molar-refractivity contribution in [1.82, 2.24) is 14.6 Å². The number of aromatic amines is 1. The van der Waals surface area contributed by atoms with Gasteiger partial charge in [-0.3, -0.25) is 9.89 Å². The number of rotatable bonds is 4. The summed E-state index contributed by atoms with van der Waals surface area (Å²) in [5, 5.41) is 3.06. The van der Waals surface area contributed by atoms with E-state index in [1.165, 1.54) is 11.6 Å². The number of methoxy groups -OCH3 is 1. The fourth-order valence-corrected chi connectivity index (χ4v) is 2.77. The van der Waals surface area contributed by atoms with E-state index in [9.17, 15) is 9.59 Å². The molecule has 0 aliphatic carbocycles. The molecule has 124 valence electrons. The molecule has 1 aliphatic heterocycles. The Morgan fingerprint density at radius 3 is 2.87 bits per heavy atom. The van der Waals surface area contributed by atoms with Crippen LogP contribution in [0, 0.1) is 0 Å². The Balaban J connectivity index is 2.09. The van der Waals surface area contributed by atoms with Crippen molar-refractivity contribution in [1.29, 1.82) is 0 Å². The van der Waals surface area contributed by atoms with E-state index in [1.807, 2.05) is 0 Å². The highest BCUT2D eigenvalue weighted by Gasteiger charge is 2.24. The number of hydrogen-bond acceptors (Lipinski definition) is 6. The first-order valence-electron chi connectivity index (χ1n) is 7.60. The summed E-state index contributed by atoms with van der Waals surface area (Å²) in [5.41, 5.74) is 0.719. The molecule has 1 aliphatic rings. The average Bonchev–Trinajstić information content (AvgIpc) is 3.00. The molecule has 1 fully saturated rings. The second-order valence-electron chi connectivity index (χ2n) is 5.31. The molecular weight excluding hydrogens is 302 g/mol. The molecule has 0 saturated carbocycles. The van der Waals surface area contributed by atoms with Crippen LogP contribution in [0.15, 0.2) is 10.9 Å². The van der Waals surface area contributed by atoms with Crippen LogP contribution in [0.5, 0.6) is 5.75 Å². The van der Waals surface area contributed by atoms with Gasteiger partial charge in [0.25, 0.3) is 0 Å². The Morgan fingerprint density at radius 1 is 1.48 bits per heavy atom. The summed E-state index contributed by atoms with van der Waals surface area (Å²) in [4.78, 5) is 28.8. The topological polar surface area (TPSA) is 94.9 Å². The van der Waals surface area contributed by atoms with Gasteiger partial charge in [-0.05, 0) is 19.8 Å². The van der Waals surface area contributed by atoms with Crippen LogP contribution in [-0.2, 0) is 9.47 Å². The monoisotopic (exact) mass is 321 g/mol. The zero-order valence-electron chi connectivity index (χ0n) is 13.1. The predicted octanol–water partition coefficient (Wildman–Crippen LogP) is 1.10. The van der Waals surface area contributed by atoms with Crippen LogP contribution in [0.25, 0.3) is 5.65 Å². The lowest BCUT2D eigenvalue weighted by molar-refractivity contribution is 0.0515. The molecule has 0 unspecified atom stereocenters. The fraction of sp³-hybridized carbons (Fsp3) is 0.533. The third-order valence-corrected chi connectivity index (χ3v) is 3.93. The van der Waals surface area contributed by atoms with E-state index < -0.39 is 11.5 Å². The molecule has 1 saturated heterocycles. The first-order chi connectivity index (χ1) is 11.2. The van der Waals surface area contributed by atoms with Gasteiger partial charge < -0.3 is 14.2 Å². The lowest BCUT2D eigenvalue weighted by atomic mass is 9.97. The van der Waals surface area contributed by atoms with Gasteiger partial charge in [0.2, 0.25) is 5.75 Å². The zero-order valence-corrected chi connectivity index (χ0v) is 13.1. The van der Waals surface area contributed by atoms with Crippen LogP contribution >= 0.6 is 0 Å². The smallest absolute Gasteiger partial charge is 0.361 e. The third kappa shape index (κ3) is 2.81. The molecule has 0 radical (unpaired) electrons. The van der Waals surface area contributed by atoms with Crippen molar-refractivity contribution in [3.05, 3.63) is 27.8 Å². The van der Waals surface area contributed by atoms with Gasteiger partial charge in [-0.25, -0.2) is 9.78 Å². The van der Waals surface area contributed by atoms with Crippen LogP contribution < -0.4 is 10.3 Å². The SMILES string of the molecule is CCOC(=O)c1nc2cc(C3CCOCC3)[nH]n2c(=O)c1OC. The summed E-state index contributed by atoms with van der Waals surface area (Å²) in [7, 11) is 1.33. The molecule has 23 heavy (non-hydrogen) atoms. The van der Waals surface area contributed by atoms with Gasteiger partial charge in [0.1, 0.15) is 0 Å². The standard InChI is InChI=1S/C15H19N3O5/c1-3-23-15(20)12-13(21-2)14(19)18-11(16-12)8-10(17-18)9-4-6-22-7-5-9/h8-9,17H,3-7H2,1-2H3. The second-order valence-corrected chi connectivity index (χ2v) is 5.31. The maximum absolute atomic E-state index is 12.5. The van der Waals surface area contributed by atoms with E-state index >= 15 is 0 Å². The van der Waals surface area contributed by atoms with Crippen molar-refractivity contribution in [2.24, 2.45) is 0 Å². The molecule has 3 heterocycles. The van der Waals surface area contributed by atoms with Gasteiger partial charge in [0.05, 0.1) is 13.7 Å². The van der Waals surface area contributed by atoms with Crippen molar-refractivity contribution in [2.45, 2.75) is 25.7 Å². The number of esters is 1. The zero-order chi connectivity index (χ0) is 16.4. The molecule has 3 rings (SSSR count). The van der Waals surface area contributed by atoms with Crippen molar-refractivity contribution in [3.63, 3.8) is 0 Å². The molecule has 2 aromatic heterocycles. The average molecular weight is 321 g/mol. The summed E-state index contributed by atoms with van der Waals surface area (Å²) in [6, 6.07) is 1.79. The Morgan fingerprint density at radius 2 is 2.22 bits per heavy atom. The molecule has 8 nitrogen and oxygen atoms in total. The van der Waals surface area contributed by atoms with Gasteiger partial charge in [-0.2, -0.15) is 4.52 Å². The minimum absolute atomic E-state index is 0.100. The Hall–Kier alpha value is -2.35. The van der Waals surface area contributed by atoms with Crippen molar-refractivity contribution < 1.29 is 19.0 Å². The quantitative estimate of drug-likeness (QED) is 0.847. The number of ether oxygens (including phenoxy) is 3. The van der Waals surface area contributed by atoms with Gasteiger partial charge in [0.15, 0.2) is 11.3 Å². The van der Waals surface area contributed by atoms with E-state index in [1.54, 1.807) is 13.0 Å². The second kappa shape index (κ2) is 6.41. The molecule has 2 aromatic rings. The lowest BCUT2D eigenvalue weighted by Gasteiger charge is -2.20. The van der Waals surface area contributed by atoms with Crippen LogP contribution in [0.1, 0.15) is 41.9 Å². The number of nitrogens with zero attached hydrogens (tertiary/aromatic N) is 2. The van der Waals surface area contributed by atoms with Crippen molar-refractivity contribution >= 4 is 11.6 Å². The Labute approximate surface area is 132 Å². The number of nitrogens with one attached hydrogen (secondary N) is 1. The number of hydrogen-bond donors (Lipinski definition) is 1. The maximum Gasteiger partial charge on any atom is 0.361 e. The molecule has 0 spiro atoms. The first-order valence-corrected chi connectivity index (χ1v) is 7.60. The van der Waals surface area contributed by atoms with Crippen LogP contribution in [-0.4, -0.2) is 47.5 Å².